The molecular weight excluding hydrogens is 483 g/mol. The SMILES string of the molecule is CCOC(CCNC(=NC)NCc1cccc(OCC(N)=O)c1)C1CCCC1.I. The van der Waals surface area contributed by atoms with Crippen molar-refractivity contribution in [2.24, 2.45) is 16.6 Å². The molecule has 0 bridgehead atoms. The Labute approximate surface area is 191 Å². The Morgan fingerprint density at radius 2 is 2.07 bits per heavy atom. The summed E-state index contributed by atoms with van der Waals surface area (Å²) in [5.74, 6) is 1.58. The zero-order chi connectivity index (χ0) is 20.2. The van der Waals surface area contributed by atoms with E-state index in [1.54, 1.807) is 13.1 Å². The maximum absolute atomic E-state index is 10.8. The van der Waals surface area contributed by atoms with Gasteiger partial charge in [0.2, 0.25) is 0 Å². The van der Waals surface area contributed by atoms with E-state index in [9.17, 15) is 4.79 Å². The number of hydrogen-bond donors (Lipinski definition) is 3. The molecule has 1 fully saturated rings. The summed E-state index contributed by atoms with van der Waals surface area (Å²) in [6.07, 6.45) is 6.53. The second-order valence-electron chi connectivity index (χ2n) is 7.08. The van der Waals surface area contributed by atoms with Gasteiger partial charge >= 0.3 is 0 Å². The molecule has 1 aliphatic carbocycles. The molecule has 29 heavy (non-hydrogen) atoms. The lowest BCUT2D eigenvalue weighted by molar-refractivity contribution is -0.119. The van der Waals surface area contributed by atoms with E-state index >= 15 is 0 Å². The van der Waals surface area contributed by atoms with Gasteiger partial charge in [0.15, 0.2) is 12.6 Å². The average molecular weight is 518 g/mol. The summed E-state index contributed by atoms with van der Waals surface area (Å²) in [5, 5.41) is 6.68. The Morgan fingerprint density at radius 1 is 1.31 bits per heavy atom. The number of nitrogens with two attached hydrogens (primary N) is 1. The highest BCUT2D eigenvalue weighted by Gasteiger charge is 2.25. The Balaban J connectivity index is 0.00000420. The van der Waals surface area contributed by atoms with Crippen molar-refractivity contribution in [2.75, 3.05) is 26.8 Å². The highest BCUT2D eigenvalue weighted by molar-refractivity contribution is 14.0. The highest BCUT2D eigenvalue weighted by Crippen LogP contribution is 2.30. The van der Waals surface area contributed by atoms with Crippen molar-refractivity contribution in [1.29, 1.82) is 0 Å². The Morgan fingerprint density at radius 3 is 2.72 bits per heavy atom. The van der Waals surface area contributed by atoms with Crippen molar-refractivity contribution >= 4 is 35.8 Å². The van der Waals surface area contributed by atoms with Gasteiger partial charge in [-0.25, -0.2) is 0 Å². The molecule has 0 radical (unpaired) electrons. The molecule has 7 nitrogen and oxygen atoms in total. The lowest BCUT2D eigenvalue weighted by Gasteiger charge is -2.24. The zero-order valence-electron chi connectivity index (χ0n) is 17.5. The lowest BCUT2D eigenvalue weighted by atomic mass is 9.98. The molecule has 164 valence electrons. The van der Waals surface area contributed by atoms with Gasteiger partial charge in [-0.05, 0) is 49.8 Å². The molecule has 1 aromatic rings. The van der Waals surface area contributed by atoms with E-state index in [0.29, 0.717) is 24.3 Å². The van der Waals surface area contributed by atoms with Crippen LogP contribution in [-0.2, 0) is 16.1 Å². The number of aliphatic imine (C=N–C) groups is 1. The molecule has 0 saturated heterocycles. The molecular formula is C21H35IN4O3. The van der Waals surface area contributed by atoms with E-state index < -0.39 is 5.91 Å². The number of guanidine groups is 1. The Kier molecular flexibility index (Phi) is 12.7. The van der Waals surface area contributed by atoms with Gasteiger partial charge in [-0.1, -0.05) is 25.0 Å². The van der Waals surface area contributed by atoms with Crippen LogP contribution < -0.4 is 21.1 Å². The van der Waals surface area contributed by atoms with E-state index in [1.165, 1.54) is 25.7 Å². The minimum atomic E-state index is -0.490. The van der Waals surface area contributed by atoms with Gasteiger partial charge in [-0.15, -0.1) is 24.0 Å². The molecule has 0 spiro atoms. The van der Waals surface area contributed by atoms with Crippen LogP contribution in [0.2, 0.25) is 0 Å². The first-order chi connectivity index (χ1) is 13.6. The van der Waals surface area contributed by atoms with Crippen LogP contribution in [0.15, 0.2) is 29.3 Å². The summed E-state index contributed by atoms with van der Waals surface area (Å²) in [7, 11) is 1.76. The fraction of sp³-hybridized carbons (Fsp3) is 0.619. The zero-order valence-corrected chi connectivity index (χ0v) is 19.8. The summed E-state index contributed by atoms with van der Waals surface area (Å²) in [4.78, 5) is 15.1. The number of ether oxygens (including phenoxy) is 2. The van der Waals surface area contributed by atoms with Crippen LogP contribution in [0.25, 0.3) is 0 Å². The summed E-state index contributed by atoms with van der Waals surface area (Å²) in [6.45, 7) is 4.13. The number of hydrogen-bond acceptors (Lipinski definition) is 4. The van der Waals surface area contributed by atoms with E-state index in [0.717, 1.165) is 31.1 Å². The van der Waals surface area contributed by atoms with Gasteiger partial charge in [-0.2, -0.15) is 0 Å². The predicted octanol–water partition coefficient (Wildman–Crippen LogP) is 2.82. The third kappa shape index (κ3) is 9.66. The predicted molar refractivity (Wildman–Crippen MR) is 127 cm³/mol. The number of primary amides is 1. The molecule has 1 saturated carbocycles. The number of carbonyl (C=O) groups is 1. The maximum atomic E-state index is 10.8. The summed E-state index contributed by atoms with van der Waals surface area (Å²) in [6, 6.07) is 7.56. The Hall–Kier alpha value is -1.55. The van der Waals surface area contributed by atoms with E-state index in [-0.39, 0.29) is 30.6 Å². The number of amides is 1. The Bertz CT molecular complexity index is 636. The number of carbonyl (C=O) groups excluding carboxylic acids is 1. The van der Waals surface area contributed by atoms with E-state index in [4.69, 9.17) is 15.2 Å². The van der Waals surface area contributed by atoms with Gasteiger partial charge < -0.3 is 25.8 Å². The lowest BCUT2D eigenvalue weighted by Crippen LogP contribution is -2.39. The minimum absolute atomic E-state index is 0. The fourth-order valence-electron chi connectivity index (χ4n) is 3.64. The van der Waals surface area contributed by atoms with Crippen molar-refractivity contribution in [3.63, 3.8) is 0 Å². The average Bonchev–Trinajstić information content (AvgIpc) is 3.23. The quantitative estimate of drug-likeness (QED) is 0.238. The maximum Gasteiger partial charge on any atom is 0.255 e. The van der Waals surface area contributed by atoms with Crippen LogP contribution in [0.1, 0.15) is 44.6 Å². The first kappa shape index (κ1) is 25.5. The number of rotatable bonds is 11. The summed E-state index contributed by atoms with van der Waals surface area (Å²) < 4.78 is 11.3. The molecule has 1 unspecified atom stereocenters. The van der Waals surface area contributed by atoms with Crippen LogP contribution in [0.3, 0.4) is 0 Å². The molecule has 1 aliphatic rings. The monoisotopic (exact) mass is 518 g/mol. The summed E-state index contributed by atoms with van der Waals surface area (Å²) >= 11 is 0. The molecule has 1 atom stereocenters. The molecule has 1 aromatic carbocycles. The highest BCUT2D eigenvalue weighted by atomic mass is 127. The van der Waals surface area contributed by atoms with Crippen LogP contribution >= 0.6 is 24.0 Å². The molecule has 4 N–H and O–H groups in total. The molecule has 0 heterocycles. The van der Waals surface area contributed by atoms with Gasteiger partial charge in [0.1, 0.15) is 5.75 Å². The van der Waals surface area contributed by atoms with Gasteiger partial charge in [0.25, 0.3) is 5.91 Å². The molecule has 8 heteroatoms. The van der Waals surface area contributed by atoms with Crippen LogP contribution in [0.5, 0.6) is 5.75 Å². The van der Waals surface area contributed by atoms with Gasteiger partial charge in [0, 0.05) is 26.7 Å². The van der Waals surface area contributed by atoms with Crippen molar-refractivity contribution in [1.82, 2.24) is 10.6 Å². The largest absolute Gasteiger partial charge is 0.484 e. The number of benzene rings is 1. The molecule has 0 aliphatic heterocycles. The van der Waals surface area contributed by atoms with Crippen molar-refractivity contribution in [2.45, 2.75) is 51.7 Å². The third-order valence-electron chi connectivity index (χ3n) is 4.99. The smallest absolute Gasteiger partial charge is 0.255 e. The third-order valence-corrected chi connectivity index (χ3v) is 4.99. The van der Waals surface area contributed by atoms with Crippen molar-refractivity contribution < 1.29 is 14.3 Å². The molecule has 0 aromatic heterocycles. The summed E-state index contributed by atoms with van der Waals surface area (Å²) in [5.41, 5.74) is 6.14. The van der Waals surface area contributed by atoms with Gasteiger partial charge in [0.05, 0.1) is 6.10 Å². The van der Waals surface area contributed by atoms with Crippen LogP contribution in [0, 0.1) is 5.92 Å². The molecule has 2 rings (SSSR count). The van der Waals surface area contributed by atoms with Gasteiger partial charge in [-0.3, -0.25) is 9.79 Å². The number of halogens is 1. The van der Waals surface area contributed by atoms with E-state index in [2.05, 4.69) is 22.5 Å². The van der Waals surface area contributed by atoms with Crippen molar-refractivity contribution in [3.05, 3.63) is 29.8 Å². The minimum Gasteiger partial charge on any atom is -0.484 e. The first-order valence-corrected chi connectivity index (χ1v) is 10.2. The first-order valence-electron chi connectivity index (χ1n) is 10.2. The second kappa shape index (κ2) is 14.4. The van der Waals surface area contributed by atoms with Crippen molar-refractivity contribution in [3.8, 4) is 5.75 Å². The number of nitrogens with one attached hydrogen (secondary N) is 2. The fourth-order valence-corrected chi connectivity index (χ4v) is 3.64. The van der Waals surface area contributed by atoms with Crippen LogP contribution in [-0.4, -0.2) is 44.8 Å². The standard InChI is InChI=1S/C21H34N4O3.HI/c1-3-27-19(17-8-4-5-9-17)11-12-24-21(23-2)25-14-16-7-6-10-18(13-16)28-15-20(22)26;/h6-7,10,13,17,19H,3-5,8-9,11-12,14-15H2,1-2H3,(H2,22,26)(H2,23,24,25);1H. The van der Waals surface area contributed by atoms with E-state index in [1.807, 2.05) is 18.2 Å². The topological polar surface area (TPSA) is 98.0 Å². The normalized spacial score (nSPS) is 15.4. The second-order valence-corrected chi connectivity index (χ2v) is 7.08. The number of nitrogens with zero attached hydrogens (tertiary/aromatic N) is 1. The molecule has 1 amide bonds. The van der Waals surface area contributed by atoms with Crippen LogP contribution in [0.4, 0.5) is 0 Å².